The van der Waals surface area contributed by atoms with E-state index >= 15 is 0 Å². The van der Waals surface area contributed by atoms with E-state index in [4.69, 9.17) is 21.2 Å². The molecule has 0 aromatic rings. The number of alkyl halides is 2. The Labute approximate surface area is 674 Å². The Morgan fingerprint density at radius 3 is 1.15 bits per heavy atom. The van der Waals surface area contributed by atoms with Gasteiger partial charge in [-0.25, -0.2) is 0 Å². The van der Waals surface area contributed by atoms with Crippen LogP contribution in [-0.4, -0.2) is 29.4 Å². The Morgan fingerprint density at radius 1 is 0.805 bits per heavy atom. The Morgan fingerprint density at radius 2 is 1.07 bits per heavy atom. The summed E-state index contributed by atoms with van der Waals surface area (Å²) in [5.74, 6) is 0.441. The molecule has 0 heterocycles. The first-order valence-electron chi connectivity index (χ1n) is 7.65. The van der Waals surface area contributed by atoms with Crippen molar-refractivity contribution in [1.82, 2.24) is 0 Å². The van der Waals surface area contributed by atoms with Gasteiger partial charge in [0.15, 0.2) is 0 Å². The van der Waals surface area contributed by atoms with Crippen LogP contribution in [0.5, 0.6) is 0 Å². The number of halogens is 2. The number of ether oxygens (including phenoxy) is 1. The first kappa shape index (κ1) is 124. The van der Waals surface area contributed by atoms with Gasteiger partial charge in [0.05, 0.1) is 6.61 Å². The Balaban J connectivity index is -0.00000000824. The number of esters is 1. The SMILES string of the molecule is C=C([C]#[Y])C(C)Br.C=C([C]#[Y])CCl.CCCC(=O)OCC.C[C]#[Y].O=C=O.[Y].[Y].[Y].[Y].[Y].[Y].[Y].[Y].[Y].[Y].[Y].[Y].[Y].[Y]. The molecule has 14 radical (unpaired) electrons. The molecule has 4 nitrogen and oxygen atoms in total. The molecule has 186 valence electrons. The summed E-state index contributed by atoms with van der Waals surface area (Å²) in [5, 5.41) is 0. The van der Waals surface area contributed by atoms with Crippen LogP contribution in [0.15, 0.2) is 24.3 Å². The zero-order chi connectivity index (χ0) is 22.7. The van der Waals surface area contributed by atoms with Crippen molar-refractivity contribution in [3.8, 4) is 7.78 Å². The van der Waals surface area contributed by atoms with E-state index in [0.29, 0.717) is 23.7 Å². The van der Waals surface area contributed by atoms with Crippen LogP contribution in [-0.2, 0) is 568 Å². The number of hydrogen-bond donors (Lipinski definition) is 0. The van der Waals surface area contributed by atoms with Gasteiger partial charge < -0.3 is 4.74 Å². The van der Waals surface area contributed by atoms with Crippen LogP contribution in [0.4, 0.5) is 0 Å². The number of carbonyl (C=O) groups excluding carboxylic acids is 3. The Hall–Kier alpha value is 17.2. The van der Waals surface area contributed by atoms with Gasteiger partial charge in [0, 0.05) is 464 Å². The van der Waals surface area contributed by atoms with Crippen LogP contribution in [0, 0.1) is 7.78 Å². The van der Waals surface area contributed by atoms with E-state index in [9.17, 15) is 4.79 Å². The number of rotatable bonds is 5. The average molecular weight is 1930 g/mol. The van der Waals surface area contributed by atoms with Gasteiger partial charge in [-0.15, -0.1) is 0 Å². The molecular formula is C18H25BrClO4Y17. The smallest absolute Gasteiger partial charge is 0.186 e. The number of allylic oxidation sites excluding steroid dienone is 2. The van der Waals surface area contributed by atoms with Crippen molar-refractivity contribution in [2.75, 3.05) is 12.5 Å². The zero-order valence-corrected chi connectivity index (χ0v) is 75.1. The zero-order valence-electron chi connectivity index (χ0n) is 24.5. The minimum Gasteiger partial charge on any atom is -0.186 e. The largest absolute Gasteiger partial charge is 0.373 e. The van der Waals surface area contributed by atoms with Crippen LogP contribution in [0.25, 0.3) is 0 Å². The molecule has 0 fully saturated rings. The van der Waals surface area contributed by atoms with Crippen molar-refractivity contribution in [1.29, 1.82) is 0 Å². The molecule has 0 rings (SSSR count). The third-order valence-electron chi connectivity index (χ3n) is 1.79. The molecule has 0 aromatic heterocycles. The third-order valence-corrected chi connectivity index (χ3v) is 4.58. The minimum absolute atomic E-state index is 0. The molecule has 23 heteroatoms. The fourth-order valence-electron chi connectivity index (χ4n) is 0.591. The van der Waals surface area contributed by atoms with Gasteiger partial charge in [-0.05, 0) is 13.3 Å². The second-order valence-electron chi connectivity index (χ2n) is 4.09. The number of carbonyl (C=O) groups is 1. The molecule has 0 saturated carbocycles. The molecule has 0 spiro atoms. The summed E-state index contributed by atoms with van der Waals surface area (Å²) in [4.78, 5) is 27.1. The van der Waals surface area contributed by atoms with Gasteiger partial charge in [0.1, 0.15) is 0 Å². The molecule has 0 aliphatic rings. The van der Waals surface area contributed by atoms with E-state index in [1.807, 2.05) is 27.7 Å². The molecule has 0 N–H and O–H groups in total. The molecule has 1 unspecified atom stereocenters. The van der Waals surface area contributed by atoms with Gasteiger partial charge in [-0.2, -0.15) is 9.59 Å². The van der Waals surface area contributed by atoms with E-state index in [1.54, 1.807) is 0 Å². The summed E-state index contributed by atoms with van der Waals surface area (Å²) >= 11 is 11.9. The van der Waals surface area contributed by atoms with Gasteiger partial charge in [0.25, 0.3) is 0 Å². The van der Waals surface area contributed by atoms with Crippen LogP contribution in [0.3, 0.4) is 0 Å². The van der Waals surface area contributed by atoms with Crippen LogP contribution in [0.1, 0.15) is 40.5 Å². The molecule has 0 bridgehead atoms. The van der Waals surface area contributed by atoms with Crippen molar-refractivity contribution in [2.45, 2.75) is 45.4 Å². The molecule has 0 aliphatic carbocycles. The standard InChI is InChI=1S/C6H12O2.C5H6Br.C4H4Cl.C2H3.CO2.17Y/c1-3-5-6(7)8-4-2;1-4(2)5(3)6;1-4(2)3-5;1-2;2-1-3;;;;;;;;;;;;;;;;;/h3-5H2,1-2H3;5H,1H2,3H3;1,3H2;1H3;;;;;;;;;;;;;;;;;;. The van der Waals surface area contributed by atoms with Crippen molar-refractivity contribution in [3.05, 3.63) is 24.3 Å². The first-order valence-corrected chi connectivity index (χ1v) is 13.4. The van der Waals surface area contributed by atoms with Crippen LogP contribution < -0.4 is 0 Å². The van der Waals surface area contributed by atoms with Crippen molar-refractivity contribution >= 4 is 39.7 Å². The summed E-state index contributed by atoms with van der Waals surface area (Å²) in [5.41, 5.74) is 1.99. The van der Waals surface area contributed by atoms with Gasteiger partial charge in [0.2, 0.25) is 0 Å². The average Bonchev–Trinajstić information content (AvgIpc) is 2.63. The summed E-state index contributed by atoms with van der Waals surface area (Å²) in [6.07, 6.45) is 1.67. The topological polar surface area (TPSA) is 60.4 Å². The van der Waals surface area contributed by atoms with Gasteiger partial charge >= 0.3 is 187 Å². The number of hydrogen-bond acceptors (Lipinski definition) is 4. The maximum absolute atomic E-state index is 10.4. The molecule has 41 heavy (non-hydrogen) atoms. The Kier molecular flexibility index (Phi) is 374. The van der Waals surface area contributed by atoms with E-state index in [-0.39, 0.29) is 470 Å². The predicted octanol–water partition coefficient (Wildman–Crippen LogP) is 4.36. The molecule has 0 saturated heterocycles. The molecule has 1 atom stereocenters. The van der Waals surface area contributed by atoms with Crippen molar-refractivity contribution in [2.24, 2.45) is 0 Å². The van der Waals surface area contributed by atoms with E-state index in [0.717, 1.165) is 78.0 Å². The maximum Gasteiger partial charge on any atom is 0.373 e. The van der Waals surface area contributed by atoms with E-state index in [1.165, 1.54) is 30.2 Å². The predicted molar refractivity (Wildman–Crippen MR) is 101 cm³/mol. The first-order chi connectivity index (χ1) is 12.6. The van der Waals surface area contributed by atoms with Crippen molar-refractivity contribution in [3.63, 3.8) is 0 Å². The maximum atomic E-state index is 10.4. The fourth-order valence-corrected chi connectivity index (χ4v) is 2.58. The van der Waals surface area contributed by atoms with Crippen LogP contribution >= 0.6 is 27.5 Å². The summed E-state index contributed by atoms with van der Waals surface area (Å²) in [6.45, 7) is 15.6. The monoisotopic (exact) mass is 1930 g/mol. The van der Waals surface area contributed by atoms with Gasteiger partial charge in [-0.3, -0.25) is 4.79 Å². The normalized spacial score (nSPS) is 5.37. The molecular weight excluding hydrogens is 1910 g/mol. The Bertz CT molecular complexity index is 571. The summed E-state index contributed by atoms with van der Waals surface area (Å²) in [7, 11) is 0. The van der Waals surface area contributed by atoms with Crippen LogP contribution in [0.2, 0.25) is 0 Å². The fraction of sp³-hybridized carbons (Fsp3) is 0.500. The second-order valence-corrected chi connectivity index (χ2v) is 8.57. The third kappa shape index (κ3) is 158. The van der Waals surface area contributed by atoms with E-state index in [2.05, 4.69) is 41.6 Å². The quantitative estimate of drug-likeness (QED) is 0.304. The molecule has 0 aliphatic heterocycles. The summed E-state index contributed by atoms with van der Waals surface area (Å²) in [6, 6.07) is 0. The van der Waals surface area contributed by atoms with E-state index < -0.39 is 0 Å². The molecule has 0 amide bonds. The van der Waals surface area contributed by atoms with Gasteiger partial charge in [-0.1, -0.05) is 6.92 Å². The second kappa shape index (κ2) is 124. The summed E-state index contributed by atoms with van der Waals surface area (Å²) < 4.78 is 13.5. The van der Waals surface area contributed by atoms with Crippen molar-refractivity contribution < 1.29 is 568 Å². The molecule has 0 aromatic carbocycles. The minimum atomic E-state index is -0.0880.